The molecule has 118 valence electrons. The molecular formula is C14H18N4O4. The van der Waals surface area contributed by atoms with E-state index in [9.17, 15) is 4.79 Å². The van der Waals surface area contributed by atoms with Crippen LogP contribution in [-0.4, -0.2) is 40.1 Å². The molecule has 0 aromatic carbocycles. The molecule has 2 aromatic heterocycles. The maximum absolute atomic E-state index is 11.1. The van der Waals surface area contributed by atoms with E-state index in [0.29, 0.717) is 5.82 Å². The minimum absolute atomic E-state index is 0.136. The van der Waals surface area contributed by atoms with Crippen LogP contribution in [0.15, 0.2) is 18.5 Å². The lowest BCUT2D eigenvalue weighted by Gasteiger charge is -2.23. The highest BCUT2D eigenvalue weighted by molar-refractivity contribution is 5.65. The molecule has 2 N–H and O–H groups in total. The van der Waals surface area contributed by atoms with E-state index in [1.54, 1.807) is 4.52 Å². The van der Waals surface area contributed by atoms with E-state index in [1.807, 2.05) is 19.1 Å². The predicted octanol–water partition coefficient (Wildman–Crippen LogP) is 1.70. The monoisotopic (exact) mass is 306 g/mol. The van der Waals surface area contributed by atoms with Gasteiger partial charge >= 0.3 is 6.16 Å². The molecule has 2 atom stereocenters. The van der Waals surface area contributed by atoms with Gasteiger partial charge in [0.05, 0.1) is 12.8 Å². The van der Waals surface area contributed by atoms with Crippen LogP contribution in [0.3, 0.4) is 0 Å². The lowest BCUT2D eigenvalue weighted by Crippen LogP contribution is -2.31. The number of nitrogens with zero attached hydrogens (tertiary/aromatic N) is 3. The van der Waals surface area contributed by atoms with Crippen molar-refractivity contribution in [3.8, 4) is 0 Å². The number of carbonyl (C=O) groups is 1. The molecule has 1 aliphatic heterocycles. The smallest absolute Gasteiger partial charge is 0.438 e. The molecule has 1 fully saturated rings. The molecule has 8 heteroatoms. The Hall–Kier alpha value is -2.35. The second-order valence-electron chi connectivity index (χ2n) is 5.54. The van der Waals surface area contributed by atoms with Gasteiger partial charge in [-0.1, -0.05) is 0 Å². The minimum Gasteiger partial charge on any atom is -0.438 e. The van der Waals surface area contributed by atoms with Crippen LogP contribution in [0.5, 0.6) is 0 Å². The molecule has 1 aliphatic rings. The summed E-state index contributed by atoms with van der Waals surface area (Å²) in [5.74, 6) is 0.427. The van der Waals surface area contributed by atoms with Gasteiger partial charge in [0.15, 0.2) is 5.82 Å². The summed E-state index contributed by atoms with van der Waals surface area (Å²) in [4.78, 5) is 15.1. The van der Waals surface area contributed by atoms with E-state index in [-0.39, 0.29) is 12.7 Å². The Kier molecular flexibility index (Phi) is 3.61. The molecule has 2 aromatic rings. The van der Waals surface area contributed by atoms with Crippen molar-refractivity contribution in [1.29, 1.82) is 0 Å². The Balaban J connectivity index is 1.76. The number of hydrogen-bond donors (Lipinski definition) is 1. The van der Waals surface area contributed by atoms with E-state index < -0.39 is 11.8 Å². The first-order valence-corrected chi connectivity index (χ1v) is 6.99. The Labute approximate surface area is 127 Å². The number of methoxy groups -OCH3 is 1. The first-order chi connectivity index (χ1) is 10.5. The fraction of sp³-hybridized carbons (Fsp3) is 0.500. The third-order valence-electron chi connectivity index (χ3n) is 3.87. The van der Waals surface area contributed by atoms with Gasteiger partial charge in [0.1, 0.15) is 30.2 Å². The minimum atomic E-state index is -0.707. The number of aromatic nitrogens is 3. The summed E-state index contributed by atoms with van der Waals surface area (Å²) in [6, 6.07) is 3.80. The van der Waals surface area contributed by atoms with Gasteiger partial charge in [0.25, 0.3) is 0 Å². The predicted molar refractivity (Wildman–Crippen MR) is 77.2 cm³/mol. The zero-order valence-corrected chi connectivity index (χ0v) is 12.5. The normalized spacial score (nSPS) is 24.5. The maximum atomic E-state index is 11.1. The Morgan fingerprint density at radius 3 is 3.18 bits per heavy atom. The summed E-state index contributed by atoms with van der Waals surface area (Å²) in [6.45, 7) is 2.06. The molecule has 0 radical (unpaired) electrons. The molecule has 3 heterocycles. The molecule has 8 nitrogen and oxygen atoms in total. The van der Waals surface area contributed by atoms with Gasteiger partial charge in [-0.05, 0) is 31.9 Å². The average molecular weight is 306 g/mol. The molecule has 3 rings (SSSR count). The zero-order chi connectivity index (χ0) is 15.7. The van der Waals surface area contributed by atoms with Crippen molar-refractivity contribution in [2.75, 3.05) is 19.5 Å². The van der Waals surface area contributed by atoms with Crippen LogP contribution in [0.1, 0.15) is 31.6 Å². The summed E-state index contributed by atoms with van der Waals surface area (Å²) in [5.41, 5.74) is 6.95. The number of ether oxygens (including phenoxy) is 3. The summed E-state index contributed by atoms with van der Waals surface area (Å²) in [7, 11) is 1.28. The van der Waals surface area contributed by atoms with Crippen molar-refractivity contribution in [3.05, 3.63) is 24.2 Å². The number of hydrogen-bond acceptors (Lipinski definition) is 7. The third kappa shape index (κ3) is 2.57. The molecule has 0 unspecified atom stereocenters. The average Bonchev–Trinajstić information content (AvgIpc) is 3.10. The summed E-state index contributed by atoms with van der Waals surface area (Å²) < 4.78 is 17.3. The molecule has 22 heavy (non-hydrogen) atoms. The second kappa shape index (κ2) is 5.45. The number of carbonyl (C=O) groups excluding carboxylic acids is 1. The van der Waals surface area contributed by atoms with Crippen molar-refractivity contribution in [2.24, 2.45) is 0 Å². The van der Waals surface area contributed by atoms with E-state index in [4.69, 9.17) is 15.2 Å². The number of anilines is 1. The standard InChI is InChI=1S/C14H18N4O4/c1-14(7-21-13(19)20-2)6-5-11(22-14)9-3-4-10-12(15)16-8-17-18(9)10/h3-4,8,11H,5-7H2,1-2H3,(H2,15,16,17)/t11-,14+/m1/s1. The quantitative estimate of drug-likeness (QED) is 0.861. The van der Waals surface area contributed by atoms with Crippen LogP contribution >= 0.6 is 0 Å². The van der Waals surface area contributed by atoms with E-state index in [1.165, 1.54) is 13.4 Å². The van der Waals surface area contributed by atoms with Crippen LogP contribution < -0.4 is 5.73 Å². The van der Waals surface area contributed by atoms with Crippen molar-refractivity contribution < 1.29 is 19.0 Å². The van der Waals surface area contributed by atoms with Crippen LogP contribution in [0.2, 0.25) is 0 Å². The van der Waals surface area contributed by atoms with E-state index in [0.717, 1.165) is 24.1 Å². The molecule has 0 saturated carbocycles. The third-order valence-corrected chi connectivity index (χ3v) is 3.87. The van der Waals surface area contributed by atoms with Crippen molar-refractivity contribution in [2.45, 2.75) is 31.5 Å². The molecule has 0 spiro atoms. The maximum Gasteiger partial charge on any atom is 0.508 e. The highest BCUT2D eigenvalue weighted by Gasteiger charge is 2.39. The van der Waals surface area contributed by atoms with Gasteiger partial charge in [-0.3, -0.25) is 0 Å². The largest absolute Gasteiger partial charge is 0.508 e. The van der Waals surface area contributed by atoms with Gasteiger partial charge in [-0.15, -0.1) is 0 Å². The molecule has 0 bridgehead atoms. The van der Waals surface area contributed by atoms with E-state index >= 15 is 0 Å². The van der Waals surface area contributed by atoms with Crippen LogP contribution in [0.25, 0.3) is 5.52 Å². The van der Waals surface area contributed by atoms with Gasteiger partial charge in [-0.25, -0.2) is 14.3 Å². The number of rotatable bonds is 3. The van der Waals surface area contributed by atoms with Gasteiger partial charge in [0, 0.05) is 0 Å². The fourth-order valence-corrected chi connectivity index (χ4v) is 2.70. The highest BCUT2D eigenvalue weighted by Crippen LogP contribution is 2.40. The van der Waals surface area contributed by atoms with E-state index in [2.05, 4.69) is 14.8 Å². The second-order valence-corrected chi connectivity index (χ2v) is 5.54. The number of nitrogens with two attached hydrogens (primary N) is 1. The fourth-order valence-electron chi connectivity index (χ4n) is 2.70. The molecule has 0 amide bonds. The Bertz CT molecular complexity index is 701. The van der Waals surface area contributed by atoms with Gasteiger partial charge in [0.2, 0.25) is 0 Å². The molecule has 0 aliphatic carbocycles. The highest BCUT2D eigenvalue weighted by atomic mass is 16.7. The van der Waals surface area contributed by atoms with Crippen LogP contribution in [-0.2, 0) is 14.2 Å². The Morgan fingerprint density at radius 2 is 2.41 bits per heavy atom. The molecule has 1 saturated heterocycles. The lowest BCUT2D eigenvalue weighted by molar-refractivity contribution is -0.0744. The van der Waals surface area contributed by atoms with Crippen molar-refractivity contribution in [3.63, 3.8) is 0 Å². The topological polar surface area (TPSA) is 101 Å². The summed E-state index contributed by atoms with van der Waals surface area (Å²) >= 11 is 0. The van der Waals surface area contributed by atoms with Crippen LogP contribution in [0, 0.1) is 0 Å². The first kappa shape index (κ1) is 14.6. The lowest BCUT2D eigenvalue weighted by atomic mass is 10.0. The number of fused-ring (bicyclic) bond motifs is 1. The van der Waals surface area contributed by atoms with Gasteiger partial charge in [-0.2, -0.15) is 5.10 Å². The SMILES string of the molecule is COC(=O)OC[C@]1(C)CC[C@H](c2ccc3c(N)ncnn23)O1. The zero-order valence-electron chi connectivity index (χ0n) is 12.5. The Morgan fingerprint density at radius 1 is 1.59 bits per heavy atom. The van der Waals surface area contributed by atoms with Crippen molar-refractivity contribution in [1.82, 2.24) is 14.6 Å². The summed E-state index contributed by atoms with van der Waals surface area (Å²) in [6.07, 6.45) is 2.14. The van der Waals surface area contributed by atoms with Gasteiger partial charge < -0.3 is 19.9 Å². The number of nitrogen functional groups attached to an aromatic ring is 1. The van der Waals surface area contributed by atoms with Crippen LogP contribution in [0.4, 0.5) is 10.6 Å². The molecular weight excluding hydrogens is 288 g/mol. The first-order valence-electron chi connectivity index (χ1n) is 6.99. The summed E-state index contributed by atoms with van der Waals surface area (Å²) in [5, 5.41) is 4.22. The van der Waals surface area contributed by atoms with Crippen molar-refractivity contribution >= 4 is 17.5 Å².